The molecule has 9 nitrogen and oxygen atoms in total. The quantitative estimate of drug-likeness (QED) is 0.181. The highest BCUT2D eigenvalue weighted by Gasteiger charge is 2.26. The number of aryl methyl sites for hydroxylation is 3. The number of benzene rings is 3. The molecule has 0 fully saturated rings. The lowest BCUT2D eigenvalue weighted by Crippen LogP contribution is -2.32. The van der Waals surface area contributed by atoms with E-state index in [-0.39, 0.29) is 22.2 Å². The number of rotatable bonds is 9. The van der Waals surface area contributed by atoms with Crippen LogP contribution in [0.25, 0.3) is 33.5 Å². The van der Waals surface area contributed by atoms with Gasteiger partial charge in [-0.3, -0.25) is 14.5 Å². The normalized spacial score (nSPS) is 13.5. The largest absolute Gasteiger partial charge is 0.345 e. The summed E-state index contributed by atoms with van der Waals surface area (Å²) in [4.78, 5) is 38.6. The van der Waals surface area contributed by atoms with Crippen LogP contribution < -0.4 is 0 Å². The molecule has 0 N–H and O–H groups in total. The lowest BCUT2D eigenvalue weighted by atomic mass is 9.92. The van der Waals surface area contributed by atoms with E-state index in [2.05, 4.69) is 24.0 Å². The average molecular weight is 664 g/mol. The van der Waals surface area contributed by atoms with E-state index in [1.54, 1.807) is 56.8 Å². The van der Waals surface area contributed by atoms with E-state index in [4.69, 9.17) is 9.97 Å². The molecule has 1 aliphatic rings. The Labute approximate surface area is 282 Å². The smallest absolute Gasteiger partial charge is 0.269 e. The average Bonchev–Trinajstić information content (AvgIpc) is 3.46. The first kappa shape index (κ1) is 33.2. The number of Topliss-reactive ketones (excluding diaryl/α,β-unsaturated/α-hetero) is 1. The van der Waals surface area contributed by atoms with Crippen LogP contribution in [0.4, 0.5) is 0 Å². The summed E-state index contributed by atoms with van der Waals surface area (Å²) in [6.07, 6.45) is 5.25. The monoisotopic (exact) mass is 663 g/mol. The van der Waals surface area contributed by atoms with Crippen LogP contribution in [0.5, 0.6) is 0 Å². The number of hydrogen-bond acceptors (Lipinski definition) is 7. The summed E-state index contributed by atoms with van der Waals surface area (Å²) >= 11 is 0. The van der Waals surface area contributed by atoms with Crippen LogP contribution in [0.15, 0.2) is 71.9 Å². The van der Waals surface area contributed by atoms with E-state index < -0.39 is 10.0 Å². The maximum Gasteiger partial charge on any atom is 0.269 e. The zero-order valence-corrected chi connectivity index (χ0v) is 29.2. The molecule has 5 aromatic rings. The SMILES string of the molecule is CCC(=O)CCN1CCc2c(C)cc(-c3cnc4c(n3)c(-c3ccc(C(=O)N(C)C)c(C)c3)cn4S(=O)(=O)c3ccc(C)cc3)cc2C1. The number of amides is 1. The Balaban J connectivity index is 1.48. The molecule has 0 unspecified atom stereocenters. The Bertz CT molecular complexity index is 2170. The van der Waals surface area contributed by atoms with Crippen molar-refractivity contribution in [3.63, 3.8) is 0 Å². The van der Waals surface area contributed by atoms with E-state index >= 15 is 0 Å². The molecule has 0 saturated carbocycles. The molecule has 3 aromatic carbocycles. The van der Waals surface area contributed by atoms with Gasteiger partial charge in [-0.1, -0.05) is 36.8 Å². The van der Waals surface area contributed by atoms with Crippen LogP contribution in [0.2, 0.25) is 0 Å². The fourth-order valence-corrected chi connectivity index (χ4v) is 7.72. The van der Waals surface area contributed by atoms with Gasteiger partial charge in [0.15, 0.2) is 5.65 Å². The Morgan fingerprint density at radius 1 is 0.938 bits per heavy atom. The van der Waals surface area contributed by atoms with Crippen molar-refractivity contribution in [1.82, 2.24) is 23.7 Å². The number of aromatic nitrogens is 3. The van der Waals surface area contributed by atoms with Crippen molar-refractivity contribution >= 4 is 32.9 Å². The van der Waals surface area contributed by atoms with E-state index in [9.17, 15) is 18.0 Å². The molecular formula is C38H41N5O4S. The number of ketones is 1. The van der Waals surface area contributed by atoms with Crippen LogP contribution in [0.1, 0.15) is 57.9 Å². The van der Waals surface area contributed by atoms with Gasteiger partial charge in [0.05, 0.1) is 16.8 Å². The van der Waals surface area contributed by atoms with Crippen LogP contribution in [-0.2, 0) is 27.8 Å². The van der Waals surface area contributed by atoms with Crippen molar-refractivity contribution in [3.8, 4) is 22.4 Å². The number of nitrogens with zero attached hydrogens (tertiary/aromatic N) is 5. The third-order valence-electron chi connectivity index (χ3n) is 9.25. The highest BCUT2D eigenvalue weighted by Crippen LogP contribution is 2.35. The predicted molar refractivity (Wildman–Crippen MR) is 189 cm³/mol. The van der Waals surface area contributed by atoms with Gasteiger partial charge in [-0.05, 0) is 85.3 Å². The number of fused-ring (bicyclic) bond motifs is 2. The summed E-state index contributed by atoms with van der Waals surface area (Å²) in [5.74, 6) is 0.166. The van der Waals surface area contributed by atoms with Crippen LogP contribution in [-0.4, -0.2) is 71.0 Å². The Morgan fingerprint density at radius 3 is 2.35 bits per heavy atom. The Hall–Kier alpha value is -4.67. The molecule has 10 heteroatoms. The van der Waals surface area contributed by atoms with E-state index in [1.807, 2.05) is 32.9 Å². The molecule has 1 amide bonds. The summed E-state index contributed by atoms with van der Waals surface area (Å²) in [6.45, 7) is 10.2. The van der Waals surface area contributed by atoms with Crippen molar-refractivity contribution < 1.29 is 18.0 Å². The lowest BCUT2D eigenvalue weighted by molar-refractivity contribution is -0.119. The van der Waals surface area contributed by atoms with Gasteiger partial charge in [0, 0.05) is 69.5 Å². The van der Waals surface area contributed by atoms with Gasteiger partial charge in [-0.25, -0.2) is 22.4 Å². The van der Waals surface area contributed by atoms with Crippen molar-refractivity contribution in [2.24, 2.45) is 0 Å². The van der Waals surface area contributed by atoms with E-state index in [0.717, 1.165) is 48.3 Å². The van der Waals surface area contributed by atoms with E-state index in [1.165, 1.54) is 25.6 Å². The maximum atomic E-state index is 14.0. The van der Waals surface area contributed by atoms with Crippen LogP contribution in [0, 0.1) is 20.8 Å². The third-order valence-corrected chi connectivity index (χ3v) is 10.9. The molecule has 0 aliphatic carbocycles. The Morgan fingerprint density at radius 2 is 1.67 bits per heavy atom. The zero-order chi connectivity index (χ0) is 34.3. The van der Waals surface area contributed by atoms with Gasteiger partial charge < -0.3 is 4.90 Å². The second kappa shape index (κ2) is 13.1. The second-order valence-electron chi connectivity index (χ2n) is 12.9. The molecule has 0 atom stereocenters. The standard InChI is InChI=1S/C38H41N5O4S/c1-7-30(44)14-16-42-17-15-32-25(3)19-28(20-29(32)22-42)35-21-39-37-36(40-35)34(27-10-13-33(26(4)18-27)38(45)41(5)6)23-43(37)48(46,47)31-11-8-24(2)9-12-31/h8-13,18-21,23H,7,14-17,22H2,1-6H3. The minimum atomic E-state index is -4.00. The molecule has 0 spiro atoms. The van der Waals surface area contributed by atoms with E-state index in [0.29, 0.717) is 35.2 Å². The fraction of sp³-hybridized carbons (Fsp3) is 0.316. The predicted octanol–water partition coefficient (Wildman–Crippen LogP) is 6.36. The van der Waals surface area contributed by atoms with Crippen molar-refractivity contribution in [3.05, 3.63) is 100 Å². The summed E-state index contributed by atoms with van der Waals surface area (Å²) in [5.41, 5.74) is 9.54. The summed E-state index contributed by atoms with van der Waals surface area (Å²) in [6, 6.07) is 16.5. The molecule has 3 heterocycles. The summed E-state index contributed by atoms with van der Waals surface area (Å²) in [5, 5.41) is 0. The van der Waals surface area contributed by atoms with Crippen LogP contribution >= 0.6 is 0 Å². The molecule has 1 aliphatic heterocycles. The minimum Gasteiger partial charge on any atom is -0.345 e. The molecular weight excluding hydrogens is 623 g/mol. The topological polar surface area (TPSA) is 105 Å². The first-order valence-electron chi connectivity index (χ1n) is 16.3. The first-order chi connectivity index (χ1) is 22.9. The summed E-state index contributed by atoms with van der Waals surface area (Å²) in [7, 11) is -0.581. The third kappa shape index (κ3) is 6.30. The van der Waals surface area contributed by atoms with Gasteiger partial charge in [-0.15, -0.1) is 0 Å². The second-order valence-corrected chi connectivity index (χ2v) is 14.7. The van der Waals surface area contributed by atoms with Crippen molar-refractivity contribution in [2.75, 3.05) is 27.2 Å². The number of carbonyl (C=O) groups excluding carboxylic acids is 2. The number of carbonyl (C=O) groups is 2. The van der Waals surface area contributed by atoms with Crippen molar-refractivity contribution in [2.45, 2.75) is 58.4 Å². The lowest BCUT2D eigenvalue weighted by Gasteiger charge is -2.30. The zero-order valence-electron chi connectivity index (χ0n) is 28.4. The number of hydrogen-bond donors (Lipinski definition) is 0. The van der Waals surface area contributed by atoms with Gasteiger partial charge in [0.1, 0.15) is 11.3 Å². The maximum absolute atomic E-state index is 14.0. The van der Waals surface area contributed by atoms with Gasteiger partial charge in [0.25, 0.3) is 15.9 Å². The van der Waals surface area contributed by atoms with Gasteiger partial charge >= 0.3 is 0 Å². The highest BCUT2D eigenvalue weighted by molar-refractivity contribution is 7.90. The molecule has 0 radical (unpaired) electrons. The molecule has 2 aromatic heterocycles. The Kier molecular flexibility index (Phi) is 9.06. The minimum absolute atomic E-state index is 0.108. The molecule has 0 bridgehead atoms. The van der Waals surface area contributed by atoms with Crippen molar-refractivity contribution in [1.29, 1.82) is 0 Å². The molecule has 0 saturated heterocycles. The molecule has 6 rings (SSSR count). The van der Waals surface area contributed by atoms with Crippen LogP contribution in [0.3, 0.4) is 0 Å². The fourth-order valence-electron chi connectivity index (χ4n) is 6.41. The first-order valence-corrected chi connectivity index (χ1v) is 17.7. The molecule has 48 heavy (non-hydrogen) atoms. The highest BCUT2D eigenvalue weighted by atomic mass is 32.2. The van der Waals surface area contributed by atoms with Gasteiger partial charge in [0.2, 0.25) is 0 Å². The van der Waals surface area contributed by atoms with Gasteiger partial charge in [-0.2, -0.15) is 0 Å². The summed E-state index contributed by atoms with van der Waals surface area (Å²) < 4.78 is 29.2. The molecule has 248 valence electrons.